The van der Waals surface area contributed by atoms with Gasteiger partial charge in [-0.1, -0.05) is 205 Å². The zero-order valence-corrected chi connectivity index (χ0v) is 93.0. The highest BCUT2D eigenvalue weighted by Gasteiger charge is 2.63. The zero-order chi connectivity index (χ0) is 97.2. The number of aliphatic hydroxyl groups is 1. The number of ether oxygens (including phenoxy) is 11. The number of unbranched alkanes of at least 4 members (excludes halogenated alkanes) is 1. The monoisotopic (exact) mass is 1940 g/mol. The number of hydrogen-bond acceptors (Lipinski definition) is 22. The molecule has 0 aromatic heterocycles. The smallest absolute Gasteiger partial charge is 0.308 e. The molecule has 29 heteroatoms. The number of aliphatic hydroxyl groups excluding tert-OH is 1. The summed E-state index contributed by atoms with van der Waals surface area (Å²) in [6.45, 7) is 79.5. The van der Waals surface area contributed by atoms with E-state index in [1.807, 2.05) is 19.9 Å². The number of allylic oxidation sites excluding steroid dienone is 3. The second kappa shape index (κ2) is 48.9. The molecule has 0 aromatic carbocycles. The second-order valence-electron chi connectivity index (χ2n) is 43.5. The number of ketones is 1. The van der Waals surface area contributed by atoms with Crippen molar-refractivity contribution in [3.8, 4) is 0 Å². The molecule has 2 spiro atoms. The van der Waals surface area contributed by atoms with Crippen molar-refractivity contribution in [2.24, 2.45) is 23.7 Å². The number of halogens is 1. The average Bonchev–Trinajstić information content (AvgIpc) is 0.738. The molecule has 6 rings (SSSR count). The van der Waals surface area contributed by atoms with Crippen LogP contribution < -0.4 is 0 Å². The van der Waals surface area contributed by atoms with Gasteiger partial charge >= 0.3 is 17.9 Å². The Morgan fingerprint density at radius 1 is 0.620 bits per heavy atom. The first kappa shape index (κ1) is 115. The van der Waals surface area contributed by atoms with Gasteiger partial charge < -0.3 is 83.8 Å². The van der Waals surface area contributed by atoms with E-state index >= 15 is 4.79 Å². The van der Waals surface area contributed by atoms with E-state index in [4.69, 9.17) is 90.3 Å². The van der Waals surface area contributed by atoms with Gasteiger partial charge in [-0.25, -0.2) is 0 Å². The minimum Gasteiger partial charge on any atom is -0.462 e. The van der Waals surface area contributed by atoms with E-state index in [0.717, 1.165) is 66.4 Å². The molecule has 24 atom stereocenters. The maximum absolute atomic E-state index is 15.4. The molecule has 6 aliphatic heterocycles. The fourth-order valence-electron chi connectivity index (χ4n) is 20.5. The fraction of sp³-hybridized carbons (Fsp3) is 0.840. The SMILES string of the molecule is C=CCOC(=O)C[C@H]1C[C@H](OC(C)=O)C[C@@]2(C[C@@](C)(O[Si](CC)(CC)CC)C[C@H](CC(=C)[C@@H](C)[C@H](OC(C)=O)[C@H](C)C(=O)C[C@@H]3C[C@H](OC)C[C@]4(C[C@@H](O[Si](C)(C)C(C)(C)C)C[C@H](/C=C/CCC[C@H]5O[C@@](OC)([C@@H](O[Si](CC)(CC)CC)[C@@H]6O[C@H](CC(=C)C[C@H](/C=C/C(=C)Cl)O[Si](C)(C)C)[C@@H](O)[C@H](O[Si](CC)(CC)CC)[C@H]6C)C[C@H](O[Si](C)(C)C(C)(C)C)[C@H]5C)O4)O3)O2)O1. The molecule has 0 amide bonds. The second-order valence-corrected chi connectivity index (χ2v) is 72.1. The van der Waals surface area contributed by atoms with Crippen molar-refractivity contribution >= 4 is 85.2 Å². The normalized spacial score (nSPS) is 31.4. The third-order valence-electron chi connectivity index (χ3n) is 30.7. The lowest BCUT2D eigenvalue weighted by molar-refractivity contribution is -0.354. The Morgan fingerprint density at radius 2 is 1.18 bits per heavy atom. The van der Waals surface area contributed by atoms with Gasteiger partial charge in [0.25, 0.3) is 0 Å². The summed E-state index contributed by atoms with van der Waals surface area (Å²) < 4.78 is 120. The fourth-order valence-corrected chi connectivity index (χ4v) is 33.3. The highest BCUT2D eigenvalue weighted by atomic mass is 35.5. The Morgan fingerprint density at radius 3 is 1.72 bits per heavy atom. The number of hydrogen-bond donors (Lipinski definition) is 1. The summed E-state index contributed by atoms with van der Waals surface area (Å²) in [6.07, 6.45) is 7.15. The zero-order valence-electron chi connectivity index (χ0n) is 86.3. The van der Waals surface area contributed by atoms with Crippen LogP contribution in [-0.4, -0.2) is 220 Å². The summed E-state index contributed by atoms with van der Waals surface area (Å²) in [5.41, 5.74) is 0.798. The van der Waals surface area contributed by atoms with Crippen LogP contribution in [0.4, 0.5) is 0 Å². The quantitative estimate of drug-likeness (QED) is 0.0148. The van der Waals surface area contributed by atoms with Crippen LogP contribution in [0.5, 0.6) is 0 Å². The van der Waals surface area contributed by atoms with E-state index in [2.05, 4.69) is 209 Å². The van der Waals surface area contributed by atoms with Crippen molar-refractivity contribution in [1.82, 2.24) is 0 Å². The average molecular weight is 1940 g/mol. The Labute approximate surface area is 792 Å². The van der Waals surface area contributed by atoms with Crippen LogP contribution in [0.3, 0.4) is 0 Å². The molecular formula is C100H181ClO22Si6. The van der Waals surface area contributed by atoms with E-state index in [9.17, 15) is 19.5 Å². The number of methoxy groups -OCH3 is 2. The highest BCUT2D eigenvalue weighted by molar-refractivity contribution is 6.75. The summed E-state index contributed by atoms with van der Waals surface area (Å²) in [6, 6.07) is 7.98. The predicted molar refractivity (Wildman–Crippen MR) is 532 cm³/mol. The minimum absolute atomic E-state index is 0.0106. The minimum atomic E-state index is -2.59. The molecule has 0 unspecified atom stereocenters. The number of Topliss-reactive ketones (excluding diaryl/α,β-unsaturated/α-hetero) is 1. The first-order valence-electron chi connectivity index (χ1n) is 49.5. The van der Waals surface area contributed by atoms with Crippen LogP contribution in [0.25, 0.3) is 0 Å². The molecule has 0 saturated carbocycles. The molecule has 0 aromatic rings. The number of carbonyl (C=O) groups excluding carboxylic acids is 4. The molecule has 744 valence electrons. The number of esters is 3. The van der Waals surface area contributed by atoms with Gasteiger partial charge in [-0.3, -0.25) is 19.2 Å². The van der Waals surface area contributed by atoms with Gasteiger partial charge in [-0.05, 0) is 162 Å². The molecule has 6 fully saturated rings. The number of rotatable bonds is 50. The van der Waals surface area contributed by atoms with Crippen molar-refractivity contribution in [3.05, 3.63) is 72.9 Å². The third kappa shape index (κ3) is 31.8. The van der Waals surface area contributed by atoms with Crippen LogP contribution >= 0.6 is 11.6 Å². The first-order chi connectivity index (χ1) is 59.9. The Kier molecular flexibility index (Phi) is 43.7. The molecule has 0 bridgehead atoms. The van der Waals surface area contributed by atoms with Crippen molar-refractivity contribution in [2.75, 3.05) is 20.8 Å². The summed E-state index contributed by atoms with van der Waals surface area (Å²) in [7, 11) is -10.8. The molecule has 1 N–H and O–H groups in total. The van der Waals surface area contributed by atoms with Gasteiger partial charge in [0.15, 0.2) is 67.3 Å². The molecule has 22 nitrogen and oxygen atoms in total. The maximum atomic E-state index is 15.4. The van der Waals surface area contributed by atoms with E-state index in [-0.39, 0.29) is 96.9 Å². The van der Waals surface area contributed by atoms with E-state index < -0.39 is 170 Å². The largest absolute Gasteiger partial charge is 0.462 e. The van der Waals surface area contributed by atoms with Crippen molar-refractivity contribution in [2.45, 2.75) is 492 Å². The topological polar surface area (TPSA) is 245 Å². The van der Waals surface area contributed by atoms with Gasteiger partial charge in [0.1, 0.15) is 36.8 Å². The molecule has 0 radical (unpaired) electrons. The first-order valence-corrected chi connectivity index (χ1v) is 66.7. The van der Waals surface area contributed by atoms with Crippen LogP contribution in [0.2, 0.25) is 110 Å². The van der Waals surface area contributed by atoms with Crippen LogP contribution in [0, 0.1) is 23.7 Å². The molecule has 6 heterocycles. The van der Waals surface area contributed by atoms with Gasteiger partial charge in [0, 0.05) is 115 Å². The van der Waals surface area contributed by atoms with Gasteiger partial charge in [0.05, 0.1) is 91.2 Å². The summed E-state index contributed by atoms with van der Waals surface area (Å²) in [5, 5.41) is 13.2. The van der Waals surface area contributed by atoms with E-state index in [1.54, 1.807) is 20.3 Å². The Bertz CT molecular complexity index is 3640. The molecule has 0 aliphatic carbocycles. The van der Waals surface area contributed by atoms with E-state index in [0.29, 0.717) is 81.2 Å². The van der Waals surface area contributed by atoms with Crippen LogP contribution in [0.15, 0.2) is 72.9 Å². The van der Waals surface area contributed by atoms with Crippen molar-refractivity contribution < 1.29 is 103 Å². The summed E-state index contributed by atoms with van der Waals surface area (Å²) in [5.74, 6) is -7.30. The summed E-state index contributed by atoms with van der Waals surface area (Å²) >= 11 is 6.34. The van der Waals surface area contributed by atoms with Gasteiger partial charge in [0.2, 0.25) is 0 Å². The van der Waals surface area contributed by atoms with E-state index in [1.165, 1.54) is 19.9 Å². The predicted octanol–water partition coefficient (Wildman–Crippen LogP) is 23.7. The lowest BCUT2D eigenvalue weighted by atomic mass is 9.78. The highest BCUT2D eigenvalue weighted by Crippen LogP contribution is 2.54. The number of carbonyl (C=O) groups is 4. The lowest BCUT2D eigenvalue weighted by Crippen LogP contribution is -2.69. The molecule has 129 heavy (non-hydrogen) atoms. The van der Waals surface area contributed by atoms with Gasteiger partial charge in [-0.15, -0.1) is 0 Å². The molecular weight excluding hydrogens is 1760 g/mol. The maximum Gasteiger partial charge on any atom is 0.308 e. The van der Waals surface area contributed by atoms with Crippen LogP contribution in [0.1, 0.15) is 261 Å². The van der Waals surface area contributed by atoms with Crippen molar-refractivity contribution in [1.29, 1.82) is 0 Å². The summed E-state index contributed by atoms with van der Waals surface area (Å²) in [4.78, 5) is 54.7. The standard InChI is InChI=1S/C100H181ClO22Si6/c1-36-53-109-89(105)61-80-59-82(110-75(18)102)64-99(115-80)67-97(26,123-129(43-8,44-9)45-10)62-83(116-99)56-69(12)71(14)91(111-76(19)103)72(15)85(104)60-79-58-81(107-27)63-98(114-79)65-84(119-125(32,33)95(20,21)22)57-77(113-98)49-47-46-48-50-86-73(16)88(120-126(34,35)96(23,24)25)66-100(108-28,117-86)94(122-128(40-5,41-6)42-7)93-74(17)92(121-127(37-2,38-3)39-4)90(106)87(112-93)55-68(11)54-78(52-51-70(13)101)118-124(29,30)31/h36,47,49,51-52,71-74,77-84,86-88,90-94,106H,1,11-13,37-46,48,50,53-67H2,2-10,14-35H3/b49-47+,52-51+/t71-,72-,73+,74-,77+,78+,79+,80-,81+,82+,83+,84+,86-,87-,88+,90-,91+,92-,93-,94+,97+,98-,99-,100-/m1/s1. The molecule has 6 saturated heterocycles. The Balaban J connectivity index is 1.34. The van der Waals surface area contributed by atoms with Crippen molar-refractivity contribution in [3.63, 3.8) is 0 Å². The van der Waals surface area contributed by atoms with Crippen LogP contribution in [-0.2, 0) is 97.8 Å². The lowest BCUT2D eigenvalue weighted by Gasteiger charge is -2.57. The van der Waals surface area contributed by atoms with Gasteiger partial charge in [-0.2, -0.15) is 0 Å². The third-order valence-corrected chi connectivity index (χ3v) is 54.9. The Hall–Kier alpha value is -2.49. The molecule has 6 aliphatic rings.